The summed E-state index contributed by atoms with van der Waals surface area (Å²) in [6.07, 6.45) is 0. The lowest BCUT2D eigenvalue weighted by molar-refractivity contribution is -0.166. The lowest BCUT2D eigenvalue weighted by atomic mass is 10.0. The molecular weight excluding hydrogens is 225 g/mol. The highest BCUT2D eigenvalue weighted by Crippen LogP contribution is 2.36. The average molecular weight is 234 g/mol. The molecule has 0 atom stereocenters. The monoisotopic (exact) mass is 234 g/mol. The van der Waals surface area contributed by atoms with Gasteiger partial charge in [-0.1, -0.05) is 0 Å². The number of carbonyl (C=O) groups is 1. The van der Waals surface area contributed by atoms with Crippen LogP contribution < -0.4 is 4.74 Å². The second-order valence-electron chi connectivity index (χ2n) is 3.18. The van der Waals surface area contributed by atoms with E-state index in [1.807, 2.05) is 0 Å². The van der Waals surface area contributed by atoms with Gasteiger partial charge in [-0.15, -0.1) is 0 Å². The van der Waals surface area contributed by atoms with Crippen LogP contribution in [0.2, 0.25) is 0 Å². The van der Waals surface area contributed by atoms with Gasteiger partial charge in [0.15, 0.2) is 0 Å². The van der Waals surface area contributed by atoms with E-state index in [2.05, 4.69) is 4.74 Å². The molecule has 0 spiro atoms. The second kappa shape index (κ2) is 4.03. The zero-order valence-corrected chi connectivity index (χ0v) is 8.55. The van der Waals surface area contributed by atoms with Crippen molar-refractivity contribution < 1.29 is 27.8 Å². The molecule has 1 aromatic rings. The molecule has 0 unspecified atom stereocenters. The molecule has 0 radical (unpaired) electrons. The molecule has 16 heavy (non-hydrogen) atoms. The summed E-state index contributed by atoms with van der Waals surface area (Å²) in [5.74, 6) is -7.79. The van der Waals surface area contributed by atoms with Gasteiger partial charge < -0.3 is 9.84 Å². The lowest BCUT2D eigenvalue weighted by Gasteiger charge is -2.16. The molecule has 3 nitrogen and oxygen atoms in total. The Morgan fingerprint density at radius 2 is 2.00 bits per heavy atom. The SMILES string of the molecule is COc1cc(C)c(F)cc1C(F)(F)C(=O)O. The number of hydrogen-bond acceptors (Lipinski definition) is 2. The number of aryl methyl sites for hydroxylation is 1. The molecule has 0 aliphatic rings. The number of rotatable bonds is 3. The van der Waals surface area contributed by atoms with Crippen LogP contribution in [-0.2, 0) is 10.7 Å². The third-order valence-electron chi connectivity index (χ3n) is 2.09. The molecule has 1 N–H and O–H groups in total. The van der Waals surface area contributed by atoms with Gasteiger partial charge in [0.25, 0.3) is 0 Å². The van der Waals surface area contributed by atoms with Crippen LogP contribution in [0.15, 0.2) is 12.1 Å². The van der Waals surface area contributed by atoms with E-state index in [-0.39, 0.29) is 11.3 Å². The number of halogens is 3. The Bertz CT molecular complexity index is 430. The smallest absolute Gasteiger partial charge is 0.379 e. The molecule has 0 saturated carbocycles. The number of aliphatic carboxylic acids is 1. The first-order valence-electron chi connectivity index (χ1n) is 4.26. The third-order valence-corrected chi connectivity index (χ3v) is 2.09. The van der Waals surface area contributed by atoms with Crippen molar-refractivity contribution in [3.05, 3.63) is 29.1 Å². The van der Waals surface area contributed by atoms with Crippen molar-refractivity contribution in [1.82, 2.24) is 0 Å². The Hall–Kier alpha value is -1.72. The van der Waals surface area contributed by atoms with E-state index in [0.29, 0.717) is 6.07 Å². The Balaban J connectivity index is 3.43. The summed E-state index contributed by atoms with van der Waals surface area (Å²) in [6, 6.07) is 1.50. The molecule has 88 valence electrons. The van der Waals surface area contributed by atoms with Gasteiger partial charge in [-0.25, -0.2) is 9.18 Å². The maximum absolute atomic E-state index is 13.2. The Kier molecular flexibility index (Phi) is 3.11. The lowest BCUT2D eigenvalue weighted by Crippen LogP contribution is -2.26. The quantitative estimate of drug-likeness (QED) is 0.872. The van der Waals surface area contributed by atoms with Gasteiger partial charge >= 0.3 is 11.9 Å². The highest BCUT2D eigenvalue weighted by atomic mass is 19.3. The Morgan fingerprint density at radius 1 is 1.44 bits per heavy atom. The highest BCUT2D eigenvalue weighted by Gasteiger charge is 2.44. The number of hydrogen-bond donors (Lipinski definition) is 1. The molecule has 6 heteroatoms. The Labute approximate surface area is 89.5 Å². The zero-order valence-electron chi connectivity index (χ0n) is 8.55. The van der Waals surface area contributed by atoms with E-state index in [1.165, 1.54) is 6.92 Å². The standard InChI is InChI=1S/C10H9F3O3/c1-5-3-8(16-2)6(4-7(5)11)10(12,13)9(14)15/h3-4H,1-2H3,(H,14,15). The summed E-state index contributed by atoms with van der Waals surface area (Å²) in [6.45, 7) is 1.36. The number of benzene rings is 1. The van der Waals surface area contributed by atoms with Crippen LogP contribution in [0.25, 0.3) is 0 Å². The first kappa shape index (κ1) is 12.4. The predicted octanol–water partition coefficient (Wildman–Crippen LogP) is 2.32. The Morgan fingerprint density at radius 3 is 2.44 bits per heavy atom. The number of alkyl halides is 2. The molecule has 0 aromatic heterocycles. The molecule has 0 heterocycles. The van der Waals surface area contributed by atoms with Crippen LogP contribution in [0, 0.1) is 12.7 Å². The third kappa shape index (κ3) is 1.95. The van der Waals surface area contributed by atoms with Crippen molar-refractivity contribution >= 4 is 5.97 Å². The summed E-state index contributed by atoms with van der Waals surface area (Å²) in [4.78, 5) is 10.4. The fourth-order valence-electron chi connectivity index (χ4n) is 1.18. The first-order chi connectivity index (χ1) is 7.30. The van der Waals surface area contributed by atoms with Crippen LogP contribution in [0.4, 0.5) is 13.2 Å². The van der Waals surface area contributed by atoms with Crippen molar-refractivity contribution in [2.45, 2.75) is 12.8 Å². The second-order valence-corrected chi connectivity index (χ2v) is 3.18. The fraction of sp³-hybridized carbons (Fsp3) is 0.300. The molecular formula is C10H9F3O3. The van der Waals surface area contributed by atoms with E-state index in [9.17, 15) is 18.0 Å². The summed E-state index contributed by atoms with van der Waals surface area (Å²) in [5, 5.41) is 8.35. The van der Waals surface area contributed by atoms with Crippen LogP contribution in [0.1, 0.15) is 11.1 Å². The summed E-state index contributed by atoms with van der Waals surface area (Å²) in [5.41, 5.74) is -0.896. The summed E-state index contributed by atoms with van der Waals surface area (Å²) >= 11 is 0. The number of methoxy groups -OCH3 is 1. The summed E-state index contributed by atoms with van der Waals surface area (Å²) in [7, 11) is 1.11. The van der Waals surface area contributed by atoms with E-state index < -0.39 is 23.3 Å². The summed E-state index contributed by atoms with van der Waals surface area (Å²) < 4.78 is 44.1. The molecule has 1 aromatic carbocycles. The van der Waals surface area contributed by atoms with E-state index in [0.717, 1.165) is 13.2 Å². The fourth-order valence-corrected chi connectivity index (χ4v) is 1.18. The van der Waals surface area contributed by atoms with Gasteiger partial charge in [-0.2, -0.15) is 8.78 Å². The largest absolute Gasteiger partial charge is 0.496 e. The normalized spacial score (nSPS) is 11.3. The van der Waals surface area contributed by atoms with Crippen LogP contribution >= 0.6 is 0 Å². The first-order valence-corrected chi connectivity index (χ1v) is 4.26. The number of carboxylic acid groups (broad SMARTS) is 1. The van der Waals surface area contributed by atoms with E-state index in [4.69, 9.17) is 5.11 Å². The molecule has 0 fully saturated rings. The highest BCUT2D eigenvalue weighted by molar-refractivity contribution is 5.78. The van der Waals surface area contributed by atoms with Gasteiger partial charge in [0.05, 0.1) is 12.7 Å². The minimum absolute atomic E-state index is 0.0989. The van der Waals surface area contributed by atoms with Crippen molar-refractivity contribution in [3.63, 3.8) is 0 Å². The van der Waals surface area contributed by atoms with Gasteiger partial charge in [0, 0.05) is 0 Å². The maximum Gasteiger partial charge on any atom is 0.379 e. The van der Waals surface area contributed by atoms with Crippen molar-refractivity contribution in [1.29, 1.82) is 0 Å². The minimum Gasteiger partial charge on any atom is -0.496 e. The van der Waals surface area contributed by atoms with Gasteiger partial charge in [-0.05, 0) is 24.6 Å². The van der Waals surface area contributed by atoms with Crippen LogP contribution in [0.3, 0.4) is 0 Å². The number of ether oxygens (including phenoxy) is 1. The minimum atomic E-state index is -4.18. The number of carboxylic acids is 1. The van der Waals surface area contributed by atoms with Crippen LogP contribution in [-0.4, -0.2) is 18.2 Å². The maximum atomic E-state index is 13.2. The van der Waals surface area contributed by atoms with Crippen molar-refractivity contribution in [2.24, 2.45) is 0 Å². The van der Waals surface area contributed by atoms with Crippen molar-refractivity contribution in [3.8, 4) is 5.75 Å². The molecule has 0 amide bonds. The molecule has 0 aliphatic heterocycles. The van der Waals surface area contributed by atoms with Gasteiger partial charge in [0.1, 0.15) is 11.6 Å². The van der Waals surface area contributed by atoms with E-state index >= 15 is 0 Å². The average Bonchev–Trinajstić information content (AvgIpc) is 2.20. The van der Waals surface area contributed by atoms with Gasteiger partial charge in [0.2, 0.25) is 0 Å². The molecule has 0 aliphatic carbocycles. The zero-order chi connectivity index (χ0) is 12.5. The molecule has 0 saturated heterocycles. The molecule has 1 rings (SSSR count). The van der Waals surface area contributed by atoms with E-state index in [1.54, 1.807) is 0 Å². The van der Waals surface area contributed by atoms with Gasteiger partial charge in [-0.3, -0.25) is 0 Å². The predicted molar refractivity (Wildman–Crippen MR) is 49.2 cm³/mol. The van der Waals surface area contributed by atoms with Crippen molar-refractivity contribution in [2.75, 3.05) is 7.11 Å². The van der Waals surface area contributed by atoms with Crippen LogP contribution in [0.5, 0.6) is 5.75 Å². The molecule has 0 bridgehead atoms. The topological polar surface area (TPSA) is 46.5 Å².